The highest BCUT2D eigenvalue weighted by atomic mass is 32.1. The molecule has 0 atom stereocenters. The van der Waals surface area contributed by atoms with E-state index in [-0.39, 0.29) is 5.91 Å². The van der Waals surface area contributed by atoms with Crippen molar-refractivity contribution < 1.29 is 4.79 Å². The molecule has 1 aliphatic heterocycles. The van der Waals surface area contributed by atoms with Crippen molar-refractivity contribution in [2.45, 2.75) is 19.8 Å². The van der Waals surface area contributed by atoms with Gasteiger partial charge in [-0.1, -0.05) is 6.92 Å². The third-order valence-corrected chi connectivity index (χ3v) is 4.34. The van der Waals surface area contributed by atoms with Gasteiger partial charge >= 0.3 is 0 Å². The molecule has 1 aliphatic rings. The maximum absolute atomic E-state index is 12.3. The van der Waals surface area contributed by atoms with E-state index in [1.165, 1.54) is 4.88 Å². The van der Waals surface area contributed by atoms with Gasteiger partial charge in [0.2, 0.25) is 0 Å². The molecule has 2 rings (SSSR count). The maximum Gasteiger partial charge on any atom is 0.254 e. The predicted molar refractivity (Wildman–Crippen MR) is 71.7 cm³/mol. The van der Waals surface area contributed by atoms with Gasteiger partial charge < -0.3 is 9.80 Å². The Morgan fingerprint density at radius 1 is 1.35 bits per heavy atom. The lowest BCUT2D eigenvalue weighted by atomic mass is 10.2. The Morgan fingerprint density at radius 2 is 2.18 bits per heavy atom. The van der Waals surface area contributed by atoms with Gasteiger partial charge in [-0.05, 0) is 32.5 Å². The second kappa shape index (κ2) is 5.65. The number of carbonyl (C=O) groups excluding carboxylic acids is 1. The first kappa shape index (κ1) is 12.6. The SMILES string of the molecule is CCc1cc(C(=O)N2CCCN(C)CC2)cs1. The monoisotopic (exact) mass is 252 g/mol. The first-order valence-corrected chi connectivity index (χ1v) is 7.14. The van der Waals surface area contributed by atoms with Crippen LogP contribution in [-0.4, -0.2) is 48.9 Å². The minimum atomic E-state index is 0.205. The van der Waals surface area contributed by atoms with Crippen molar-refractivity contribution >= 4 is 17.2 Å². The molecule has 1 aromatic heterocycles. The predicted octanol–water partition coefficient (Wildman–Crippen LogP) is 2.09. The van der Waals surface area contributed by atoms with E-state index in [0.29, 0.717) is 0 Å². The molecule has 0 saturated carbocycles. The van der Waals surface area contributed by atoms with Crippen LogP contribution in [0.4, 0.5) is 0 Å². The minimum Gasteiger partial charge on any atom is -0.337 e. The molecule has 1 aromatic rings. The largest absolute Gasteiger partial charge is 0.337 e. The Kier molecular flexibility index (Phi) is 4.18. The Hall–Kier alpha value is -0.870. The summed E-state index contributed by atoms with van der Waals surface area (Å²) in [5, 5.41) is 2.00. The molecule has 0 aliphatic carbocycles. The number of amides is 1. The van der Waals surface area contributed by atoms with Crippen LogP contribution in [-0.2, 0) is 6.42 Å². The van der Waals surface area contributed by atoms with Crippen molar-refractivity contribution in [2.24, 2.45) is 0 Å². The summed E-state index contributed by atoms with van der Waals surface area (Å²) >= 11 is 1.69. The number of thiophene rings is 1. The fourth-order valence-electron chi connectivity index (χ4n) is 2.11. The highest BCUT2D eigenvalue weighted by Crippen LogP contribution is 2.17. The molecule has 2 heterocycles. The minimum absolute atomic E-state index is 0.205. The summed E-state index contributed by atoms with van der Waals surface area (Å²) in [6.45, 7) is 5.94. The van der Waals surface area contributed by atoms with Gasteiger partial charge in [-0.2, -0.15) is 0 Å². The van der Waals surface area contributed by atoms with Crippen LogP contribution in [0.1, 0.15) is 28.6 Å². The Bertz CT molecular complexity index is 389. The molecule has 0 radical (unpaired) electrons. The fourth-order valence-corrected chi connectivity index (χ4v) is 2.92. The summed E-state index contributed by atoms with van der Waals surface area (Å²) in [5.41, 5.74) is 0.872. The summed E-state index contributed by atoms with van der Waals surface area (Å²) in [5.74, 6) is 0.205. The zero-order valence-electron chi connectivity index (χ0n) is 10.6. The van der Waals surface area contributed by atoms with Crippen molar-refractivity contribution in [1.29, 1.82) is 0 Å². The Morgan fingerprint density at radius 3 is 2.88 bits per heavy atom. The third kappa shape index (κ3) is 3.07. The summed E-state index contributed by atoms with van der Waals surface area (Å²) < 4.78 is 0. The van der Waals surface area contributed by atoms with E-state index in [4.69, 9.17) is 0 Å². The number of nitrogens with zero attached hydrogens (tertiary/aromatic N) is 2. The standard InChI is InChI=1S/C13H20N2OS/c1-3-12-9-11(10-17-12)13(16)15-6-4-5-14(2)7-8-15/h9-10H,3-8H2,1-2H3. The summed E-state index contributed by atoms with van der Waals surface area (Å²) in [7, 11) is 2.12. The molecule has 17 heavy (non-hydrogen) atoms. The van der Waals surface area contributed by atoms with Crippen LogP contribution >= 0.6 is 11.3 Å². The van der Waals surface area contributed by atoms with Crippen molar-refractivity contribution in [3.05, 3.63) is 21.9 Å². The van der Waals surface area contributed by atoms with Crippen LogP contribution in [0.25, 0.3) is 0 Å². The average Bonchev–Trinajstić information content (AvgIpc) is 2.71. The molecule has 1 fully saturated rings. The Balaban J connectivity index is 2.03. The van der Waals surface area contributed by atoms with Crippen LogP contribution in [0.5, 0.6) is 0 Å². The first-order valence-electron chi connectivity index (χ1n) is 6.26. The molecule has 0 N–H and O–H groups in total. The molecule has 94 valence electrons. The highest BCUT2D eigenvalue weighted by molar-refractivity contribution is 7.10. The summed E-state index contributed by atoms with van der Waals surface area (Å²) in [4.78, 5) is 17.9. The second-order valence-corrected chi connectivity index (χ2v) is 5.60. The number of rotatable bonds is 2. The molecule has 1 amide bonds. The summed E-state index contributed by atoms with van der Waals surface area (Å²) in [6.07, 6.45) is 2.09. The molecule has 0 spiro atoms. The lowest BCUT2D eigenvalue weighted by molar-refractivity contribution is 0.0763. The van der Waals surface area contributed by atoms with Gasteiger partial charge in [0.15, 0.2) is 0 Å². The van der Waals surface area contributed by atoms with E-state index >= 15 is 0 Å². The van der Waals surface area contributed by atoms with E-state index in [1.807, 2.05) is 16.3 Å². The second-order valence-electron chi connectivity index (χ2n) is 4.60. The van der Waals surface area contributed by atoms with Gasteiger partial charge in [-0.3, -0.25) is 4.79 Å². The fraction of sp³-hybridized carbons (Fsp3) is 0.615. The van der Waals surface area contributed by atoms with Crippen molar-refractivity contribution in [3.8, 4) is 0 Å². The zero-order chi connectivity index (χ0) is 12.3. The first-order chi connectivity index (χ1) is 8.20. The lowest BCUT2D eigenvalue weighted by Gasteiger charge is -2.19. The van der Waals surface area contributed by atoms with Crippen LogP contribution in [0.3, 0.4) is 0 Å². The van der Waals surface area contributed by atoms with E-state index < -0.39 is 0 Å². The van der Waals surface area contributed by atoms with Crippen molar-refractivity contribution in [2.75, 3.05) is 33.2 Å². The molecule has 0 aromatic carbocycles. The molecule has 1 saturated heterocycles. The van der Waals surface area contributed by atoms with E-state index in [2.05, 4.69) is 18.9 Å². The van der Waals surface area contributed by atoms with Gasteiger partial charge in [0.1, 0.15) is 0 Å². The number of hydrogen-bond donors (Lipinski definition) is 0. The van der Waals surface area contributed by atoms with Gasteiger partial charge in [-0.25, -0.2) is 0 Å². The van der Waals surface area contributed by atoms with Crippen molar-refractivity contribution in [3.63, 3.8) is 0 Å². The van der Waals surface area contributed by atoms with Gasteiger partial charge in [0.05, 0.1) is 5.56 Å². The Labute approximate surface area is 107 Å². The van der Waals surface area contributed by atoms with Gasteiger partial charge in [0, 0.05) is 29.9 Å². The highest BCUT2D eigenvalue weighted by Gasteiger charge is 2.19. The molecule has 0 bridgehead atoms. The molecule has 3 nitrogen and oxygen atoms in total. The van der Waals surface area contributed by atoms with Crippen molar-refractivity contribution in [1.82, 2.24) is 9.80 Å². The lowest BCUT2D eigenvalue weighted by Crippen LogP contribution is -2.34. The number of carbonyl (C=O) groups is 1. The van der Waals surface area contributed by atoms with Crippen LogP contribution in [0, 0.1) is 0 Å². The summed E-state index contributed by atoms with van der Waals surface area (Å²) in [6, 6.07) is 2.04. The smallest absolute Gasteiger partial charge is 0.254 e. The van der Waals surface area contributed by atoms with Gasteiger partial charge in [0.25, 0.3) is 5.91 Å². The molecule has 4 heteroatoms. The average molecular weight is 252 g/mol. The van der Waals surface area contributed by atoms with Crippen LogP contribution in [0.2, 0.25) is 0 Å². The number of hydrogen-bond acceptors (Lipinski definition) is 3. The van der Waals surface area contributed by atoms with Gasteiger partial charge in [-0.15, -0.1) is 11.3 Å². The number of aryl methyl sites for hydroxylation is 1. The van der Waals surface area contributed by atoms with E-state index in [1.54, 1.807) is 11.3 Å². The maximum atomic E-state index is 12.3. The topological polar surface area (TPSA) is 23.6 Å². The van der Waals surface area contributed by atoms with Crippen LogP contribution < -0.4 is 0 Å². The van der Waals surface area contributed by atoms with E-state index in [9.17, 15) is 4.79 Å². The quantitative estimate of drug-likeness (QED) is 0.804. The normalized spacial score (nSPS) is 18.1. The number of likely N-dealkylation sites (N-methyl/N-ethyl adjacent to an activating group) is 1. The van der Waals surface area contributed by atoms with E-state index in [0.717, 1.165) is 44.6 Å². The third-order valence-electron chi connectivity index (χ3n) is 3.26. The molecular formula is C13H20N2OS. The molecular weight excluding hydrogens is 232 g/mol. The molecule has 0 unspecified atom stereocenters. The zero-order valence-corrected chi connectivity index (χ0v) is 11.4. The van der Waals surface area contributed by atoms with Crippen LogP contribution in [0.15, 0.2) is 11.4 Å².